The monoisotopic (exact) mass is 205 g/mol. The Hall–Kier alpha value is -1.62. The standard InChI is InChI=1S/C10H8ClN3/c1-8-5-9(7-10(11)6-8)3-2-4-13-14-12/h5-7H,4H2,1H3. The molecule has 0 unspecified atom stereocenters. The second-order valence-corrected chi connectivity index (χ2v) is 3.14. The molecule has 70 valence electrons. The molecule has 0 spiro atoms. The van der Waals surface area contributed by atoms with E-state index in [4.69, 9.17) is 17.1 Å². The minimum atomic E-state index is 0.183. The Balaban J connectivity index is 2.84. The second-order valence-electron chi connectivity index (χ2n) is 2.71. The molecule has 0 fully saturated rings. The number of hydrogen-bond acceptors (Lipinski definition) is 1. The number of hydrogen-bond donors (Lipinski definition) is 0. The van der Waals surface area contributed by atoms with Crippen LogP contribution in [0.2, 0.25) is 5.02 Å². The van der Waals surface area contributed by atoms with E-state index in [1.807, 2.05) is 19.1 Å². The van der Waals surface area contributed by atoms with Crippen LogP contribution in [0.3, 0.4) is 0 Å². The van der Waals surface area contributed by atoms with Gasteiger partial charge in [-0.15, -0.1) is 0 Å². The largest absolute Gasteiger partial charge is 0.0919 e. The molecule has 1 rings (SSSR count). The molecule has 1 aromatic carbocycles. The number of benzene rings is 1. The molecule has 0 amide bonds. The normalized spacial score (nSPS) is 8.43. The molecule has 0 bridgehead atoms. The van der Waals surface area contributed by atoms with Crippen LogP contribution in [-0.2, 0) is 0 Å². The average molecular weight is 206 g/mol. The zero-order chi connectivity index (χ0) is 10.4. The summed E-state index contributed by atoms with van der Waals surface area (Å²) in [6, 6.07) is 5.56. The molecule has 0 aliphatic carbocycles. The fourth-order valence-corrected chi connectivity index (χ4v) is 1.31. The van der Waals surface area contributed by atoms with Gasteiger partial charge in [-0.25, -0.2) is 0 Å². The Morgan fingerprint density at radius 1 is 1.50 bits per heavy atom. The van der Waals surface area contributed by atoms with Gasteiger partial charge >= 0.3 is 0 Å². The number of rotatable bonds is 1. The number of aryl methyl sites for hydroxylation is 1. The summed E-state index contributed by atoms with van der Waals surface area (Å²) in [5.41, 5.74) is 9.92. The SMILES string of the molecule is Cc1cc(Cl)cc(C#CCN=[N+]=[N-])c1. The molecule has 0 aliphatic rings. The van der Waals surface area contributed by atoms with Gasteiger partial charge in [0.15, 0.2) is 0 Å². The Morgan fingerprint density at radius 3 is 2.93 bits per heavy atom. The van der Waals surface area contributed by atoms with Crippen LogP contribution in [0.1, 0.15) is 11.1 Å². The van der Waals surface area contributed by atoms with Crippen molar-refractivity contribution in [3.8, 4) is 11.8 Å². The molecule has 14 heavy (non-hydrogen) atoms. The van der Waals surface area contributed by atoms with E-state index in [1.54, 1.807) is 6.07 Å². The summed E-state index contributed by atoms with van der Waals surface area (Å²) in [6.45, 7) is 2.13. The van der Waals surface area contributed by atoms with E-state index in [0.29, 0.717) is 5.02 Å². The highest BCUT2D eigenvalue weighted by atomic mass is 35.5. The smallest absolute Gasteiger partial charge is 0.0880 e. The Morgan fingerprint density at radius 2 is 2.29 bits per heavy atom. The third-order valence-electron chi connectivity index (χ3n) is 1.49. The molecule has 0 N–H and O–H groups in total. The summed E-state index contributed by atoms with van der Waals surface area (Å²) in [5, 5.41) is 3.97. The van der Waals surface area contributed by atoms with Crippen molar-refractivity contribution in [1.29, 1.82) is 0 Å². The second kappa shape index (κ2) is 5.18. The lowest BCUT2D eigenvalue weighted by molar-refractivity contribution is 1.25. The van der Waals surface area contributed by atoms with Gasteiger partial charge in [0, 0.05) is 15.5 Å². The van der Waals surface area contributed by atoms with Crippen molar-refractivity contribution in [2.24, 2.45) is 5.11 Å². The van der Waals surface area contributed by atoms with Gasteiger partial charge < -0.3 is 0 Å². The van der Waals surface area contributed by atoms with Crippen molar-refractivity contribution < 1.29 is 0 Å². The topological polar surface area (TPSA) is 48.8 Å². The maximum absolute atomic E-state index is 8.02. The molecule has 0 heterocycles. The minimum Gasteiger partial charge on any atom is -0.0919 e. The fourth-order valence-electron chi connectivity index (χ4n) is 1.02. The van der Waals surface area contributed by atoms with Crippen LogP contribution in [0.5, 0.6) is 0 Å². The molecular formula is C10H8ClN3. The highest BCUT2D eigenvalue weighted by Gasteiger charge is 1.92. The Bertz CT molecular complexity index is 416. The van der Waals surface area contributed by atoms with Crippen molar-refractivity contribution in [1.82, 2.24) is 0 Å². The zero-order valence-corrected chi connectivity index (χ0v) is 8.41. The lowest BCUT2D eigenvalue weighted by atomic mass is 10.1. The number of halogens is 1. The van der Waals surface area contributed by atoms with Gasteiger partial charge in [0.05, 0.1) is 6.54 Å². The van der Waals surface area contributed by atoms with Crippen molar-refractivity contribution in [3.05, 3.63) is 44.8 Å². The molecular weight excluding hydrogens is 198 g/mol. The van der Waals surface area contributed by atoms with Crippen molar-refractivity contribution in [3.63, 3.8) is 0 Å². The average Bonchev–Trinajstić information content (AvgIpc) is 2.11. The maximum atomic E-state index is 8.02. The first kappa shape index (κ1) is 10.5. The van der Waals surface area contributed by atoms with Crippen LogP contribution in [0, 0.1) is 18.8 Å². The summed E-state index contributed by atoms with van der Waals surface area (Å²) in [5.74, 6) is 5.59. The van der Waals surface area contributed by atoms with E-state index in [2.05, 4.69) is 21.9 Å². The van der Waals surface area contributed by atoms with Crippen LogP contribution in [-0.4, -0.2) is 6.54 Å². The minimum absolute atomic E-state index is 0.183. The van der Waals surface area contributed by atoms with Gasteiger partial charge in [-0.05, 0) is 36.2 Å². The number of azide groups is 1. The van der Waals surface area contributed by atoms with Crippen LogP contribution in [0.15, 0.2) is 23.3 Å². The van der Waals surface area contributed by atoms with E-state index in [-0.39, 0.29) is 6.54 Å². The number of nitrogens with zero attached hydrogens (tertiary/aromatic N) is 3. The zero-order valence-electron chi connectivity index (χ0n) is 7.66. The van der Waals surface area contributed by atoms with Crippen LogP contribution in [0.4, 0.5) is 0 Å². The quantitative estimate of drug-likeness (QED) is 0.292. The van der Waals surface area contributed by atoms with Gasteiger partial charge in [0.1, 0.15) is 0 Å². The fraction of sp³-hybridized carbons (Fsp3) is 0.200. The summed E-state index contributed by atoms with van der Waals surface area (Å²) in [7, 11) is 0. The molecule has 0 radical (unpaired) electrons. The predicted molar refractivity (Wildman–Crippen MR) is 57.1 cm³/mol. The predicted octanol–water partition coefficient (Wildman–Crippen LogP) is 3.31. The van der Waals surface area contributed by atoms with E-state index in [0.717, 1.165) is 11.1 Å². The Labute approximate surface area is 87.3 Å². The van der Waals surface area contributed by atoms with Crippen molar-refractivity contribution in [2.75, 3.05) is 6.54 Å². The molecule has 0 saturated carbocycles. The van der Waals surface area contributed by atoms with Gasteiger partial charge in [0.2, 0.25) is 0 Å². The molecule has 3 nitrogen and oxygen atoms in total. The lowest BCUT2D eigenvalue weighted by Crippen LogP contribution is -1.79. The molecule has 0 aliphatic heterocycles. The molecule has 4 heteroatoms. The Kier molecular flexibility index (Phi) is 3.87. The van der Waals surface area contributed by atoms with Gasteiger partial charge in [-0.2, -0.15) is 0 Å². The summed E-state index contributed by atoms with van der Waals surface area (Å²) >= 11 is 5.84. The van der Waals surface area contributed by atoms with Crippen LogP contribution < -0.4 is 0 Å². The maximum Gasteiger partial charge on any atom is 0.0880 e. The van der Waals surface area contributed by atoms with Crippen molar-refractivity contribution >= 4 is 11.6 Å². The molecule has 1 aromatic rings. The summed E-state index contributed by atoms with van der Waals surface area (Å²) in [6.07, 6.45) is 0. The van der Waals surface area contributed by atoms with E-state index in [9.17, 15) is 0 Å². The van der Waals surface area contributed by atoms with Gasteiger partial charge in [-0.3, -0.25) is 0 Å². The van der Waals surface area contributed by atoms with Gasteiger partial charge in [0.25, 0.3) is 0 Å². The first-order chi connectivity index (χ1) is 6.72. The highest BCUT2D eigenvalue weighted by Crippen LogP contribution is 2.13. The summed E-state index contributed by atoms with van der Waals surface area (Å²) < 4.78 is 0. The third kappa shape index (κ3) is 3.40. The molecule has 0 atom stereocenters. The third-order valence-corrected chi connectivity index (χ3v) is 1.71. The first-order valence-electron chi connectivity index (χ1n) is 3.99. The van der Waals surface area contributed by atoms with E-state index >= 15 is 0 Å². The van der Waals surface area contributed by atoms with Gasteiger partial charge in [-0.1, -0.05) is 28.6 Å². The van der Waals surface area contributed by atoms with Crippen molar-refractivity contribution in [2.45, 2.75) is 6.92 Å². The van der Waals surface area contributed by atoms with Crippen LogP contribution in [0.25, 0.3) is 10.4 Å². The molecule has 0 aromatic heterocycles. The summed E-state index contributed by atoms with van der Waals surface area (Å²) in [4.78, 5) is 2.60. The van der Waals surface area contributed by atoms with Crippen LogP contribution >= 0.6 is 11.6 Å². The van der Waals surface area contributed by atoms with E-state index in [1.165, 1.54) is 0 Å². The highest BCUT2D eigenvalue weighted by molar-refractivity contribution is 6.30. The lowest BCUT2D eigenvalue weighted by Gasteiger charge is -1.95. The van der Waals surface area contributed by atoms with E-state index < -0.39 is 0 Å². The molecule has 0 saturated heterocycles. The first-order valence-corrected chi connectivity index (χ1v) is 4.37.